The van der Waals surface area contributed by atoms with E-state index in [0.29, 0.717) is 25.7 Å². The smallest absolute Gasteiger partial charge is 0.462 e. The molecule has 0 amide bonds. The summed E-state index contributed by atoms with van der Waals surface area (Å²) in [6.45, 7) is 4.52. The van der Waals surface area contributed by atoms with Crippen LogP contribution in [0.5, 0.6) is 0 Å². The number of hydrogen-bond donors (Lipinski definition) is 3. The van der Waals surface area contributed by atoms with Gasteiger partial charge in [0.05, 0.1) is 26.4 Å². The van der Waals surface area contributed by atoms with E-state index < -0.39 is 97.5 Å². The van der Waals surface area contributed by atoms with E-state index in [1.165, 1.54) is 25.7 Å². The molecule has 0 aliphatic heterocycles. The zero-order valence-corrected chi connectivity index (χ0v) is 64.4. The Hall–Kier alpha value is -4.54. The van der Waals surface area contributed by atoms with E-state index in [-0.39, 0.29) is 25.7 Å². The molecule has 19 heteroatoms. The minimum Gasteiger partial charge on any atom is -0.462 e. The van der Waals surface area contributed by atoms with Crippen LogP contribution in [0, 0.1) is 0 Å². The molecule has 574 valence electrons. The molecule has 0 saturated heterocycles. The lowest BCUT2D eigenvalue weighted by atomic mass is 10.1. The van der Waals surface area contributed by atoms with Crippen molar-refractivity contribution in [1.29, 1.82) is 0 Å². The highest BCUT2D eigenvalue weighted by molar-refractivity contribution is 7.47. The molecule has 0 spiro atoms. The zero-order chi connectivity index (χ0) is 73.2. The molecule has 0 aromatic carbocycles. The number of ether oxygens (including phenoxy) is 4. The number of rotatable bonds is 72. The summed E-state index contributed by atoms with van der Waals surface area (Å²) < 4.78 is 68.5. The highest BCUT2D eigenvalue weighted by Crippen LogP contribution is 2.45. The third-order valence-electron chi connectivity index (χ3n) is 15.9. The second-order valence-corrected chi connectivity index (χ2v) is 28.4. The van der Waals surface area contributed by atoms with Gasteiger partial charge in [-0.3, -0.25) is 37.3 Å². The van der Waals surface area contributed by atoms with E-state index in [1.54, 1.807) is 0 Å². The highest BCUT2D eigenvalue weighted by Gasteiger charge is 2.30. The molecule has 0 aromatic heterocycles. The molecule has 0 aliphatic carbocycles. The van der Waals surface area contributed by atoms with Crippen molar-refractivity contribution in [3.05, 3.63) is 122 Å². The molecule has 3 N–H and O–H groups in total. The predicted molar refractivity (Wildman–Crippen MR) is 408 cm³/mol. The average Bonchev–Trinajstić information content (AvgIpc) is 1.15. The molecule has 17 nitrogen and oxygen atoms in total. The van der Waals surface area contributed by atoms with Gasteiger partial charge in [0.15, 0.2) is 12.2 Å². The van der Waals surface area contributed by atoms with Crippen molar-refractivity contribution in [3.63, 3.8) is 0 Å². The fraction of sp³-hybridized carbons (Fsp3) is 0.704. The Balaban J connectivity index is 5.39. The molecule has 0 fully saturated rings. The number of phosphoric ester groups is 2. The van der Waals surface area contributed by atoms with Crippen molar-refractivity contribution in [2.45, 2.75) is 329 Å². The van der Waals surface area contributed by atoms with Gasteiger partial charge in [-0.1, -0.05) is 258 Å². The van der Waals surface area contributed by atoms with Gasteiger partial charge < -0.3 is 33.8 Å². The van der Waals surface area contributed by atoms with Crippen molar-refractivity contribution >= 4 is 39.5 Å². The Labute approximate surface area is 606 Å². The van der Waals surface area contributed by atoms with Gasteiger partial charge in [-0.15, -0.1) is 0 Å². The summed E-state index contributed by atoms with van der Waals surface area (Å²) in [7, 11) is -9.97. The van der Waals surface area contributed by atoms with Crippen molar-refractivity contribution in [2.75, 3.05) is 39.6 Å². The largest absolute Gasteiger partial charge is 0.472 e. The summed E-state index contributed by atoms with van der Waals surface area (Å²) in [5, 5.41) is 10.6. The molecule has 0 bridgehead atoms. The van der Waals surface area contributed by atoms with Crippen LogP contribution < -0.4 is 0 Å². The quantitative estimate of drug-likeness (QED) is 0.0169. The van der Waals surface area contributed by atoms with E-state index in [4.69, 9.17) is 37.0 Å². The van der Waals surface area contributed by atoms with Crippen LogP contribution in [0.2, 0.25) is 0 Å². The molecule has 5 unspecified atom stereocenters. The number of carbonyl (C=O) groups is 4. The molecule has 0 aromatic rings. The third kappa shape index (κ3) is 71.8. The molecule has 0 aliphatic rings. The fourth-order valence-electron chi connectivity index (χ4n) is 10.0. The van der Waals surface area contributed by atoms with Gasteiger partial charge in [-0.05, 0) is 148 Å². The maximum Gasteiger partial charge on any atom is 0.472 e. The Morgan fingerprint density at radius 1 is 0.290 bits per heavy atom. The number of hydrogen-bond acceptors (Lipinski definition) is 15. The van der Waals surface area contributed by atoms with Crippen LogP contribution in [0.4, 0.5) is 0 Å². The standard InChI is InChI=1S/C81H138O17P2/c1-5-9-13-17-21-25-29-33-35-37-39-43-46-50-54-58-62-66-79(84)92-72-77(98-81(86)68-64-60-56-52-48-44-40-38-36-34-30-26-22-18-14-10-6-2)74-96-100(89,90)94-70-75(82)69-93-99(87,88)95-73-76(97-80(85)67-63-59-55-51-47-42-32-28-24-20-16-12-8-4)71-91-78(83)65-61-57-53-49-45-41-31-27-23-19-15-11-7-3/h9-10,13-15,19,21-22,25-28,31-36,39,43,75-77,82H,5-8,11-12,16-18,20,23-24,29-30,37-38,40-42,44-74H2,1-4H3,(H,87,88)(H,89,90)/b13-9-,14-10-,19-15-,25-21-,26-22-,31-27-,32-28-,35-33-,36-34-,43-39-. The van der Waals surface area contributed by atoms with Crippen LogP contribution in [-0.2, 0) is 65.4 Å². The summed E-state index contributed by atoms with van der Waals surface area (Å²) in [6, 6.07) is 0. The second-order valence-electron chi connectivity index (χ2n) is 25.5. The third-order valence-corrected chi connectivity index (χ3v) is 17.8. The minimum atomic E-state index is -4.99. The SMILES string of the molecule is CC/C=C\C/C=C\C/C=C\C/C=C\CCCCCCC(=O)OCC(COP(=O)(O)OCC(O)COP(=O)(O)OCC(COC(=O)CCCCCCC/C=C\C/C=C\CCC)OC(=O)CCCCCCC/C=C\CCCCCC)OC(=O)CCCCCCCCC/C=C\C/C=C\C/C=C\CC. The van der Waals surface area contributed by atoms with E-state index in [0.717, 1.165) is 205 Å². The van der Waals surface area contributed by atoms with E-state index in [2.05, 4.69) is 149 Å². The first-order valence-electron chi connectivity index (χ1n) is 38.8. The average molecular weight is 1450 g/mol. The molecule has 5 atom stereocenters. The molecule has 100 heavy (non-hydrogen) atoms. The number of allylic oxidation sites excluding steroid dienone is 20. The zero-order valence-electron chi connectivity index (χ0n) is 62.6. The summed E-state index contributed by atoms with van der Waals surface area (Å²) in [4.78, 5) is 72.9. The maximum absolute atomic E-state index is 13.1. The van der Waals surface area contributed by atoms with E-state index in [1.807, 2.05) is 0 Å². The van der Waals surface area contributed by atoms with Gasteiger partial charge >= 0.3 is 39.5 Å². The van der Waals surface area contributed by atoms with Crippen molar-refractivity contribution < 1.29 is 80.2 Å². The number of aliphatic hydroxyl groups is 1. The van der Waals surface area contributed by atoms with Crippen LogP contribution in [0.1, 0.15) is 310 Å². The monoisotopic (exact) mass is 1440 g/mol. The molecular formula is C81H138O17P2. The number of unbranched alkanes of at least 4 members (excludes halogenated alkanes) is 26. The van der Waals surface area contributed by atoms with Crippen molar-refractivity contribution in [1.82, 2.24) is 0 Å². The molecule has 0 heterocycles. The summed E-state index contributed by atoms with van der Waals surface area (Å²) >= 11 is 0. The van der Waals surface area contributed by atoms with Gasteiger partial charge in [0, 0.05) is 25.7 Å². The van der Waals surface area contributed by atoms with Crippen molar-refractivity contribution in [2.24, 2.45) is 0 Å². The number of esters is 4. The molecule has 0 rings (SSSR count). The van der Waals surface area contributed by atoms with Crippen LogP contribution in [-0.4, -0.2) is 96.7 Å². The first-order chi connectivity index (χ1) is 48.7. The molecule has 0 radical (unpaired) electrons. The Kier molecular flexibility index (Phi) is 69.5. The normalized spacial score (nSPS) is 14.6. The summed E-state index contributed by atoms with van der Waals surface area (Å²) in [6.07, 6.45) is 78.9. The van der Waals surface area contributed by atoms with Crippen LogP contribution in [0.15, 0.2) is 122 Å². The number of carbonyl (C=O) groups excluding carboxylic acids is 4. The Bertz CT molecular complexity index is 2370. The predicted octanol–water partition coefficient (Wildman–Crippen LogP) is 22.3. The first kappa shape index (κ1) is 95.5. The van der Waals surface area contributed by atoms with Crippen LogP contribution in [0.3, 0.4) is 0 Å². The minimum absolute atomic E-state index is 0.0753. The Morgan fingerprint density at radius 3 is 0.850 bits per heavy atom. The van der Waals surface area contributed by atoms with Crippen LogP contribution in [0.25, 0.3) is 0 Å². The van der Waals surface area contributed by atoms with Gasteiger partial charge in [-0.2, -0.15) is 0 Å². The van der Waals surface area contributed by atoms with Gasteiger partial charge in [0.1, 0.15) is 19.3 Å². The first-order valence-corrected chi connectivity index (χ1v) is 41.8. The number of phosphoric acid groups is 2. The number of aliphatic hydroxyl groups excluding tert-OH is 1. The van der Waals surface area contributed by atoms with Gasteiger partial charge in [0.2, 0.25) is 0 Å². The van der Waals surface area contributed by atoms with Crippen molar-refractivity contribution in [3.8, 4) is 0 Å². The second kappa shape index (κ2) is 72.8. The van der Waals surface area contributed by atoms with E-state index in [9.17, 15) is 43.2 Å². The lowest BCUT2D eigenvalue weighted by Gasteiger charge is -2.21. The summed E-state index contributed by atoms with van der Waals surface area (Å²) in [5.74, 6) is -2.23. The van der Waals surface area contributed by atoms with Crippen LogP contribution >= 0.6 is 15.6 Å². The summed E-state index contributed by atoms with van der Waals surface area (Å²) in [5.41, 5.74) is 0. The van der Waals surface area contributed by atoms with Gasteiger partial charge in [-0.25, -0.2) is 9.13 Å². The molecule has 0 saturated carbocycles. The fourth-order valence-corrected chi connectivity index (χ4v) is 11.6. The Morgan fingerprint density at radius 2 is 0.540 bits per heavy atom. The lowest BCUT2D eigenvalue weighted by Crippen LogP contribution is -2.30. The lowest BCUT2D eigenvalue weighted by molar-refractivity contribution is -0.161. The highest BCUT2D eigenvalue weighted by atomic mass is 31.2. The van der Waals surface area contributed by atoms with E-state index >= 15 is 0 Å². The topological polar surface area (TPSA) is 237 Å². The maximum atomic E-state index is 13.1. The van der Waals surface area contributed by atoms with Gasteiger partial charge in [0.25, 0.3) is 0 Å². The molecular weight excluding hydrogens is 1310 g/mol.